The van der Waals surface area contributed by atoms with Gasteiger partial charge in [0.05, 0.1) is 16.5 Å². The minimum Gasteiger partial charge on any atom is -0.366 e. The number of para-hydroxylation sites is 1. The van der Waals surface area contributed by atoms with E-state index in [0.717, 1.165) is 4.90 Å². The lowest BCUT2D eigenvalue weighted by Gasteiger charge is -2.09. The highest BCUT2D eigenvalue weighted by molar-refractivity contribution is 7.98. The standard InChI is InChI=1S/C15H12N2O2S/c1-20-11-7-6-9(15(16)19)13-12(11)14(18)8-4-2-3-5-10(8)17-13/h2-7H,1H3,(H2,16,19)(H,17,18). The van der Waals surface area contributed by atoms with E-state index in [4.69, 9.17) is 5.73 Å². The zero-order valence-corrected chi connectivity index (χ0v) is 11.6. The molecule has 5 heteroatoms. The lowest BCUT2D eigenvalue weighted by Crippen LogP contribution is -2.15. The quantitative estimate of drug-likeness (QED) is 0.561. The molecule has 3 rings (SSSR count). The van der Waals surface area contributed by atoms with Crippen molar-refractivity contribution in [2.75, 3.05) is 6.26 Å². The Morgan fingerprint density at radius 2 is 1.95 bits per heavy atom. The van der Waals surface area contributed by atoms with Crippen molar-refractivity contribution >= 4 is 39.5 Å². The molecule has 0 radical (unpaired) electrons. The van der Waals surface area contributed by atoms with Gasteiger partial charge in [0.1, 0.15) is 0 Å². The lowest BCUT2D eigenvalue weighted by molar-refractivity contribution is 0.100. The molecule has 0 unspecified atom stereocenters. The molecule has 0 atom stereocenters. The van der Waals surface area contributed by atoms with Crippen molar-refractivity contribution in [2.24, 2.45) is 5.73 Å². The highest BCUT2D eigenvalue weighted by atomic mass is 32.2. The minimum atomic E-state index is -0.548. The van der Waals surface area contributed by atoms with E-state index in [1.165, 1.54) is 11.8 Å². The second kappa shape index (κ2) is 4.68. The maximum atomic E-state index is 12.7. The highest BCUT2D eigenvalue weighted by Gasteiger charge is 2.14. The number of fused-ring (bicyclic) bond motifs is 2. The Hall–Kier alpha value is -2.27. The zero-order chi connectivity index (χ0) is 14.3. The number of nitrogens with one attached hydrogen (secondary N) is 1. The number of nitrogens with two attached hydrogens (primary N) is 1. The van der Waals surface area contributed by atoms with Crippen LogP contribution in [0.1, 0.15) is 10.4 Å². The van der Waals surface area contributed by atoms with E-state index in [2.05, 4.69) is 4.98 Å². The SMILES string of the molecule is CSc1ccc(C(N)=O)c2[nH]c3ccccc3c(=O)c12. The molecule has 1 amide bonds. The second-order valence-electron chi connectivity index (χ2n) is 4.43. The number of pyridine rings is 1. The number of aromatic amines is 1. The monoisotopic (exact) mass is 284 g/mol. The van der Waals surface area contributed by atoms with Crippen molar-refractivity contribution in [1.82, 2.24) is 4.98 Å². The van der Waals surface area contributed by atoms with Crippen LogP contribution in [0.3, 0.4) is 0 Å². The number of carbonyl (C=O) groups excluding carboxylic acids is 1. The first kappa shape index (κ1) is 12.7. The van der Waals surface area contributed by atoms with Gasteiger partial charge in [-0.2, -0.15) is 0 Å². The van der Waals surface area contributed by atoms with Crippen LogP contribution in [0.15, 0.2) is 46.1 Å². The fraction of sp³-hybridized carbons (Fsp3) is 0.0667. The number of hydrogen-bond donors (Lipinski definition) is 2. The molecule has 0 fully saturated rings. The minimum absolute atomic E-state index is 0.0817. The van der Waals surface area contributed by atoms with Crippen LogP contribution in [0.25, 0.3) is 21.8 Å². The lowest BCUT2D eigenvalue weighted by atomic mass is 10.1. The molecule has 0 aliphatic carbocycles. The molecule has 0 spiro atoms. The number of benzene rings is 2. The van der Waals surface area contributed by atoms with Crippen molar-refractivity contribution in [1.29, 1.82) is 0 Å². The number of aromatic nitrogens is 1. The number of primary amides is 1. The molecular weight excluding hydrogens is 272 g/mol. The number of rotatable bonds is 2. The maximum absolute atomic E-state index is 12.7. The third-order valence-electron chi connectivity index (χ3n) is 3.31. The molecule has 3 aromatic rings. The molecular formula is C15H12N2O2S. The molecule has 0 aliphatic heterocycles. The van der Waals surface area contributed by atoms with Crippen molar-refractivity contribution in [2.45, 2.75) is 4.90 Å². The molecule has 1 aromatic heterocycles. The average molecular weight is 284 g/mol. The maximum Gasteiger partial charge on any atom is 0.250 e. The summed E-state index contributed by atoms with van der Waals surface area (Å²) < 4.78 is 0. The Morgan fingerprint density at radius 1 is 1.20 bits per heavy atom. The topological polar surface area (TPSA) is 76.0 Å². The Labute approximate surface area is 119 Å². The fourth-order valence-electron chi connectivity index (χ4n) is 2.37. The molecule has 1 heterocycles. The molecule has 20 heavy (non-hydrogen) atoms. The number of carbonyl (C=O) groups is 1. The van der Waals surface area contributed by atoms with Gasteiger partial charge >= 0.3 is 0 Å². The van der Waals surface area contributed by atoms with Crippen molar-refractivity contribution in [3.63, 3.8) is 0 Å². The first-order chi connectivity index (χ1) is 9.63. The van der Waals surface area contributed by atoms with Gasteiger partial charge < -0.3 is 10.7 Å². The zero-order valence-electron chi connectivity index (χ0n) is 10.8. The smallest absolute Gasteiger partial charge is 0.250 e. The van der Waals surface area contributed by atoms with E-state index in [-0.39, 0.29) is 5.43 Å². The first-order valence-corrected chi connectivity index (χ1v) is 7.27. The largest absolute Gasteiger partial charge is 0.366 e. The van der Waals surface area contributed by atoms with E-state index in [1.54, 1.807) is 18.2 Å². The number of amides is 1. The van der Waals surface area contributed by atoms with Crippen molar-refractivity contribution in [3.05, 3.63) is 52.2 Å². The predicted molar refractivity (Wildman–Crippen MR) is 82.4 cm³/mol. The van der Waals surface area contributed by atoms with Gasteiger partial charge in [0.15, 0.2) is 5.43 Å². The summed E-state index contributed by atoms with van der Waals surface area (Å²) in [5.74, 6) is -0.548. The number of H-pyrrole nitrogens is 1. The molecule has 0 bridgehead atoms. The summed E-state index contributed by atoms with van der Waals surface area (Å²) in [7, 11) is 0. The van der Waals surface area contributed by atoms with Crippen LogP contribution >= 0.6 is 11.8 Å². The van der Waals surface area contributed by atoms with Gasteiger partial charge in [0.2, 0.25) is 0 Å². The summed E-state index contributed by atoms with van der Waals surface area (Å²) in [5.41, 5.74) is 6.86. The van der Waals surface area contributed by atoms with Crippen LogP contribution < -0.4 is 11.2 Å². The van der Waals surface area contributed by atoms with E-state index in [0.29, 0.717) is 27.4 Å². The Kier molecular flexibility index (Phi) is 2.99. The third-order valence-corrected chi connectivity index (χ3v) is 4.09. The van der Waals surface area contributed by atoms with E-state index in [9.17, 15) is 9.59 Å². The molecule has 3 N–H and O–H groups in total. The molecule has 100 valence electrons. The summed E-state index contributed by atoms with van der Waals surface area (Å²) in [4.78, 5) is 28.2. The fourth-order valence-corrected chi connectivity index (χ4v) is 2.98. The van der Waals surface area contributed by atoms with Gasteiger partial charge in [-0.3, -0.25) is 9.59 Å². The van der Waals surface area contributed by atoms with Crippen molar-refractivity contribution < 1.29 is 4.79 Å². The van der Waals surface area contributed by atoms with Gasteiger partial charge in [-0.1, -0.05) is 12.1 Å². The van der Waals surface area contributed by atoms with Crippen LogP contribution in [0.4, 0.5) is 0 Å². The van der Waals surface area contributed by atoms with E-state index in [1.807, 2.05) is 24.5 Å². The van der Waals surface area contributed by atoms with Gasteiger partial charge in [0.25, 0.3) is 5.91 Å². The molecule has 0 aliphatic rings. The molecule has 0 saturated carbocycles. The molecule has 0 saturated heterocycles. The predicted octanol–water partition coefficient (Wildman–Crippen LogP) is 2.50. The Bertz CT molecular complexity index is 899. The molecule has 2 aromatic carbocycles. The van der Waals surface area contributed by atoms with Crippen LogP contribution in [0.5, 0.6) is 0 Å². The van der Waals surface area contributed by atoms with Gasteiger partial charge in [-0.05, 0) is 30.5 Å². The van der Waals surface area contributed by atoms with E-state index >= 15 is 0 Å². The summed E-state index contributed by atoms with van der Waals surface area (Å²) in [6.07, 6.45) is 1.90. The number of thioether (sulfide) groups is 1. The van der Waals surface area contributed by atoms with Crippen LogP contribution in [0.2, 0.25) is 0 Å². The third kappa shape index (κ3) is 1.78. The van der Waals surface area contributed by atoms with Gasteiger partial charge in [0, 0.05) is 15.8 Å². The summed E-state index contributed by atoms with van der Waals surface area (Å²) in [6.45, 7) is 0. The van der Waals surface area contributed by atoms with Gasteiger partial charge in [-0.15, -0.1) is 11.8 Å². The second-order valence-corrected chi connectivity index (χ2v) is 5.28. The van der Waals surface area contributed by atoms with Crippen molar-refractivity contribution in [3.8, 4) is 0 Å². The summed E-state index contributed by atoms with van der Waals surface area (Å²) in [6, 6.07) is 10.7. The summed E-state index contributed by atoms with van der Waals surface area (Å²) in [5, 5.41) is 1.13. The van der Waals surface area contributed by atoms with Crippen LogP contribution in [-0.2, 0) is 0 Å². The van der Waals surface area contributed by atoms with Crippen LogP contribution in [-0.4, -0.2) is 17.1 Å². The number of hydrogen-bond acceptors (Lipinski definition) is 3. The van der Waals surface area contributed by atoms with Gasteiger partial charge in [-0.25, -0.2) is 0 Å². The van der Waals surface area contributed by atoms with E-state index < -0.39 is 5.91 Å². The first-order valence-electron chi connectivity index (χ1n) is 6.05. The average Bonchev–Trinajstić information content (AvgIpc) is 2.46. The Balaban J connectivity index is 2.62. The molecule has 4 nitrogen and oxygen atoms in total. The summed E-state index contributed by atoms with van der Waals surface area (Å²) >= 11 is 1.47. The normalized spacial score (nSPS) is 11.1. The Morgan fingerprint density at radius 3 is 2.65 bits per heavy atom. The highest BCUT2D eigenvalue weighted by Crippen LogP contribution is 2.27. The van der Waals surface area contributed by atoms with Crippen LogP contribution in [0, 0.1) is 0 Å².